The maximum atomic E-state index is 12.3. The summed E-state index contributed by atoms with van der Waals surface area (Å²) in [4.78, 5) is 20.1. The van der Waals surface area contributed by atoms with Crippen LogP contribution in [0.15, 0.2) is 22.7 Å². The number of nitrogens with one attached hydrogen (secondary N) is 2. The maximum absolute atomic E-state index is 12.3. The summed E-state index contributed by atoms with van der Waals surface area (Å²) in [6.45, 7) is 7.97. The highest BCUT2D eigenvalue weighted by atomic mass is 16.5. The van der Waals surface area contributed by atoms with Crippen molar-refractivity contribution in [3.63, 3.8) is 0 Å². The lowest BCUT2D eigenvalue weighted by Gasteiger charge is -2.05. The van der Waals surface area contributed by atoms with Gasteiger partial charge >= 0.3 is 0 Å². The summed E-state index contributed by atoms with van der Waals surface area (Å²) in [5.41, 5.74) is 4.19. The molecule has 0 saturated carbocycles. The SMILES string of the molecule is Cc1noc(C)c1CC(=O)Nc1ccc2nc(CC(C)C)[nH]c2c1. The lowest BCUT2D eigenvalue weighted by atomic mass is 10.1. The topological polar surface area (TPSA) is 83.8 Å². The molecule has 0 unspecified atom stereocenters. The van der Waals surface area contributed by atoms with Crippen molar-refractivity contribution >= 4 is 22.6 Å². The Labute approximate surface area is 140 Å². The van der Waals surface area contributed by atoms with Crippen LogP contribution in [0.4, 0.5) is 5.69 Å². The number of carbonyl (C=O) groups is 1. The van der Waals surface area contributed by atoms with E-state index >= 15 is 0 Å². The van der Waals surface area contributed by atoms with Crippen molar-refractivity contribution in [2.45, 2.75) is 40.5 Å². The van der Waals surface area contributed by atoms with E-state index in [9.17, 15) is 4.79 Å². The molecular formula is C18H22N4O2. The van der Waals surface area contributed by atoms with Crippen LogP contribution in [0.1, 0.15) is 36.7 Å². The number of aromatic amines is 1. The van der Waals surface area contributed by atoms with E-state index in [2.05, 4.69) is 34.3 Å². The number of aryl methyl sites for hydroxylation is 2. The molecule has 24 heavy (non-hydrogen) atoms. The van der Waals surface area contributed by atoms with Crippen LogP contribution in [-0.4, -0.2) is 21.0 Å². The molecule has 6 heteroatoms. The monoisotopic (exact) mass is 326 g/mol. The first-order valence-corrected chi connectivity index (χ1v) is 8.12. The van der Waals surface area contributed by atoms with E-state index in [4.69, 9.17) is 4.52 Å². The van der Waals surface area contributed by atoms with Gasteiger partial charge in [0.05, 0.1) is 23.1 Å². The van der Waals surface area contributed by atoms with Crippen LogP contribution in [-0.2, 0) is 17.6 Å². The zero-order valence-electron chi connectivity index (χ0n) is 14.4. The van der Waals surface area contributed by atoms with Gasteiger partial charge in [-0.15, -0.1) is 0 Å². The summed E-state index contributed by atoms with van der Waals surface area (Å²) in [6.07, 6.45) is 1.16. The van der Waals surface area contributed by atoms with E-state index in [1.165, 1.54) is 0 Å². The minimum Gasteiger partial charge on any atom is -0.361 e. The fourth-order valence-electron chi connectivity index (χ4n) is 2.74. The van der Waals surface area contributed by atoms with E-state index in [-0.39, 0.29) is 12.3 Å². The summed E-state index contributed by atoms with van der Waals surface area (Å²) in [7, 11) is 0. The number of anilines is 1. The molecule has 0 aliphatic heterocycles. The fraction of sp³-hybridized carbons (Fsp3) is 0.389. The van der Waals surface area contributed by atoms with Gasteiger partial charge < -0.3 is 14.8 Å². The van der Waals surface area contributed by atoms with Gasteiger partial charge in [0, 0.05) is 17.7 Å². The Kier molecular flexibility index (Phi) is 4.38. The second-order valence-electron chi connectivity index (χ2n) is 6.54. The Morgan fingerprint density at radius 1 is 1.33 bits per heavy atom. The van der Waals surface area contributed by atoms with Crippen LogP contribution in [0.3, 0.4) is 0 Å². The molecule has 0 fully saturated rings. The molecule has 0 aliphatic carbocycles. The molecule has 2 aromatic heterocycles. The molecule has 3 rings (SSSR count). The average Bonchev–Trinajstić information content (AvgIpc) is 3.03. The normalized spacial score (nSPS) is 11.4. The van der Waals surface area contributed by atoms with Gasteiger partial charge in [0.25, 0.3) is 0 Å². The van der Waals surface area contributed by atoms with Crippen LogP contribution in [0, 0.1) is 19.8 Å². The largest absolute Gasteiger partial charge is 0.361 e. The Morgan fingerprint density at radius 3 is 2.79 bits per heavy atom. The minimum atomic E-state index is -0.0920. The first-order valence-electron chi connectivity index (χ1n) is 8.12. The summed E-state index contributed by atoms with van der Waals surface area (Å²) >= 11 is 0. The van der Waals surface area contributed by atoms with Crippen molar-refractivity contribution in [3.05, 3.63) is 41.0 Å². The molecule has 1 aromatic carbocycles. The Hall–Kier alpha value is -2.63. The van der Waals surface area contributed by atoms with Gasteiger partial charge in [0.2, 0.25) is 5.91 Å². The van der Waals surface area contributed by atoms with Crippen molar-refractivity contribution < 1.29 is 9.32 Å². The molecule has 0 radical (unpaired) electrons. The number of hydrogen-bond donors (Lipinski definition) is 2. The molecular weight excluding hydrogens is 304 g/mol. The Morgan fingerprint density at radius 2 is 2.12 bits per heavy atom. The number of fused-ring (bicyclic) bond motifs is 1. The first kappa shape index (κ1) is 16.2. The summed E-state index contributed by atoms with van der Waals surface area (Å²) < 4.78 is 5.10. The highest BCUT2D eigenvalue weighted by Crippen LogP contribution is 2.19. The Bertz CT molecular complexity index is 857. The van der Waals surface area contributed by atoms with Crippen LogP contribution in [0.25, 0.3) is 11.0 Å². The minimum absolute atomic E-state index is 0.0920. The number of rotatable bonds is 5. The van der Waals surface area contributed by atoms with Crippen LogP contribution in [0.2, 0.25) is 0 Å². The second-order valence-corrected chi connectivity index (χ2v) is 6.54. The smallest absolute Gasteiger partial charge is 0.229 e. The van der Waals surface area contributed by atoms with Gasteiger partial charge in [-0.1, -0.05) is 19.0 Å². The summed E-state index contributed by atoms with van der Waals surface area (Å²) in [5, 5.41) is 6.80. The quantitative estimate of drug-likeness (QED) is 0.751. The van der Waals surface area contributed by atoms with Gasteiger partial charge in [-0.3, -0.25) is 4.79 Å². The number of benzene rings is 1. The van der Waals surface area contributed by atoms with E-state index in [1.807, 2.05) is 32.0 Å². The lowest BCUT2D eigenvalue weighted by Crippen LogP contribution is -2.15. The lowest BCUT2D eigenvalue weighted by molar-refractivity contribution is -0.115. The first-order chi connectivity index (χ1) is 11.4. The standard InChI is InChI=1S/C18H22N4O2/c1-10(2)7-17-20-15-6-5-13(8-16(15)21-17)19-18(23)9-14-11(3)22-24-12(14)4/h5-6,8,10H,7,9H2,1-4H3,(H,19,23)(H,20,21). The number of nitrogens with zero attached hydrogens (tertiary/aromatic N) is 2. The predicted molar refractivity (Wildman–Crippen MR) is 92.9 cm³/mol. The molecule has 126 valence electrons. The Balaban J connectivity index is 1.73. The molecule has 2 heterocycles. The van der Waals surface area contributed by atoms with Gasteiger partial charge in [0.15, 0.2) is 0 Å². The molecule has 6 nitrogen and oxygen atoms in total. The number of hydrogen-bond acceptors (Lipinski definition) is 4. The fourth-order valence-corrected chi connectivity index (χ4v) is 2.74. The van der Waals surface area contributed by atoms with Crippen molar-refractivity contribution in [1.82, 2.24) is 15.1 Å². The summed E-state index contributed by atoms with van der Waals surface area (Å²) in [5.74, 6) is 2.11. The van der Waals surface area contributed by atoms with Crippen LogP contribution < -0.4 is 5.32 Å². The highest BCUT2D eigenvalue weighted by Gasteiger charge is 2.14. The van der Waals surface area contributed by atoms with Gasteiger partial charge in [-0.05, 0) is 38.0 Å². The average molecular weight is 326 g/mol. The van der Waals surface area contributed by atoms with E-state index in [0.29, 0.717) is 11.7 Å². The molecule has 0 atom stereocenters. The molecule has 2 N–H and O–H groups in total. The second kappa shape index (κ2) is 6.47. The van der Waals surface area contributed by atoms with Crippen molar-refractivity contribution in [1.29, 1.82) is 0 Å². The van der Waals surface area contributed by atoms with Gasteiger partial charge in [-0.25, -0.2) is 4.98 Å². The third kappa shape index (κ3) is 3.48. The van der Waals surface area contributed by atoms with Crippen molar-refractivity contribution in [2.24, 2.45) is 5.92 Å². The highest BCUT2D eigenvalue weighted by molar-refractivity contribution is 5.94. The maximum Gasteiger partial charge on any atom is 0.229 e. The van der Waals surface area contributed by atoms with Gasteiger partial charge in [0.1, 0.15) is 11.6 Å². The van der Waals surface area contributed by atoms with E-state index in [1.54, 1.807) is 0 Å². The molecule has 0 spiro atoms. The number of carbonyl (C=O) groups excluding carboxylic acids is 1. The van der Waals surface area contributed by atoms with Crippen LogP contribution >= 0.6 is 0 Å². The van der Waals surface area contributed by atoms with E-state index in [0.717, 1.165) is 40.2 Å². The zero-order valence-corrected chi connectivity index (χ0v) is 14.4. The van der Waals surface area contributed by atoms with Crippen molar-refractivity contribution in [2.75, 3.05) is 5.32 Å². The number of H-pyrrole nitrogens is 1. The third-order valence-electron chi connectivity index (χ3n) is 3.93. The van der Waals surface area contributed by atoms with Gasteiger partial charge in [-0.2, -0.15) is 0 Å². The molecule has 0 bridgehead atoms. The zero-order chi connectivity index (χ0) is 17.3. The predicted octanol–water partition coefficient (Wildman–Crippen LogP) is 3.55. The van der Waals surface area contributed by atoms with Crippen LogP contribution in [0.5, 0.6) is 0 Å². The van der Waals surface area contributed by atoms with Crippen molar-refractivity contribution in [3.8, 4) is 0 Å². The molecule has 0 saturated heterocycles. The number of aromatic nitrogens is 3. The number of amides is 1. The molecule has 3 aromatic rings. The molecule has 1 amide bonds. The van der Waals surface area contributed by atoms with E-state index < -0.39 is 0 Å². The molecule has 0 aliphatic rings. The third-order valence-corrected chi connectivity index (χ3v) is 3.93. The summed E-state index contributed by atoms with van der Waals surface area (Å²) in [6, 6.07) is 5.70. The number of imidazole rings is 1.